The Balaban J connectivity index is 1.40. The average Bonchev–Trinajstić information content (AvgIpc) is 3.19. The summed E-state index contributed by atoms with van der Waals surface area (Å²) < 4.78 is 7.75. The van der Waals surface area contributed by atoms with E-state index in [-0.39, 0.29) is 11.9 Å². The lowest BCUT2D eigenvalue weighted by Crippen LogP contribution is -2.30. The Morgan fingerprint density at radius 1 is 0.933 bits per heavy atom. The van der Waals surface area contributed by atoms with Crippen molar-refractivity contribution in [2.45, 2.75) is 32.9 Å². The maximum absolute atomic E-state index is 12.6. The fraction of sp³-hybridized carbons (Fsp3) is 0.200. The average molecular weight is 399 g/mol. The zero-order valence-corrected chi connectivity index (χ0v) is 17.4. The Bertz CT molecular complexity index is 1150. The lowest BCUT2D eigenvalue weighted by molar-refractivity contribution is -0.122. The second kappa shape index (κ2) is 8.41. The van der Waals surface area contributed by atoms with Gasteiger partial charge in [-0.3, -0.25) is 9.48 Å². The highest BCUT2D eigenvalue weighted by molar-refractivity contribution is 5.96. The third kappa shape index (κ3) is 4.35. The minimum atomic E-state index is -0.623. The summed E-state index contributed by atoms with van der Waals surface area (Å²) >= 11 is 0. The Kier molecular flexibility index (Phi) is 5.53. The molecule has 30 heavy (non-hydrogen) atoms. The third-order valence-corrected chi connectivity index (χ3v) is 4.96. The van der Waals surface area contributed by atoms with Crippen LogP contribution in [0.4, 0.5) is 5.69 Å². The monoisotopic (exact) mass is 399 g/mol. The van der Waals surface area contributed by atoms with Crippen LogP contribution in [0.2, 0.25) is 0 Å². The van der Waals surface area contributed by atoms with Crippen LogP contribution in [0.3, 0.4) is 0 Å². The number of hydrogen-bond acceptors (Lipinski definition) is 3. The van der Waals surface area contributed by atoms with Crippen molar-refractivity contribution < 1.29 is 9.53 Å². The molecular weight excluding hydrogens is 374 g/mol. The van der Waals surface area contributed by atoms with E-state index in [0.29, 0.717) is 5.75 Å². The molecule has 0 saturated heterocycles. The van der Waals surface area contributed by atoms with Gasteiger partial charge in [-0.1, -0.05) is 42.5 Å². The maximum atomic E-state index is 12.6. The Labute approximate surface area is 176 Å². The second-order valence-corrected chi connectivity index (χ2v) is 7.62. The van der Waals surface area contributed by atoms with Gasteiger partial charge in [0.1, 0.15) is 5.75 Å². The van der Waals surface area contributed by atoms with Crippen molar-refractivity contribution in [3.63, 3.8) is 0 Å². The van der Waals surface area contributed by atoms with Crippen molar-refractivity contribution in [3.05, 3.63) is 79.0 Å². The van der Waals surface area contributed by atoms with Gasteiger partial charge in [-0.2, -0.15) is 5.10 Å². The number of fused-ring (bicyclic) bond motifs is 1. The summed E-state index contributed by atoms with van der Waals surface area (Å²) in [5.41, 5.74) is 3.89. The van der Waals surface area contributed by atoms with E-state index >= 15 is 0 Å². The van der Waals surface area contributed by atoms with Crippen molar-refractivity contribution in [2.24, 2.45) is 0 Å². The molecule has 4 rings (SSSR count). The van der Waals surface area contributed by atoms with Crippen molar-refractivity contribution in [1.82, 2.24) is 9.78 Å². The zero-order chi connectivity index (χ0) is 21.1. The van der Waals surface area contributed by atoms with Crippen LogP contribution in [0.15, 0.2) is 79.0 Å². The van der Waals surface area contributed by atoms with Crippen molar-refractivity contribution >= 4 is 22.5 Å². The number of nitrogens with one attached hydrogen (secondary N) is 1. The van der Waals surface area contributed by atoms with Gasteiger partial charge < -0.3 is 10.1 Å². The number of amides is 1. The molecule has 1 atom stereocenters. The molecule has 0 spiro atoms. The van der Waals surface area contributed by atoms with Gasteiger partial charge >= 0.3 is 0 Å². The Morgan fingerprint density at radius 2 is 1.63 bits per heavy atom. The van der Waals surface area contributed by atoms with Gasteiger partial charge in [0.25, 0.3) is 5.91 Å². The van der Waals surface area contributed by atoms with Gasteiger partial charge in [-0.25, -0.2) is 0 Å². The fourth-order valence-corrected chi connectivity index (χ4v) is 3.25. The molecule has 0 fully saturated rings. The van der Waals surface area contributed by atoms with Crippen LogP contribution in [0.1, 0.15) is 26.8 Å². The molecule has 5 heteroatoms. The first kappa shape index (κ1) is 19.7. The maximum Gasteiger partial charge on any atom is 0.265 e. The molecule has 0 radical (unpaired) electrons. The van der Waals surface area contributed by atoms with Gasteiger partial charge in [-0.15, -0.1) is 0 Å². The van der Waals surface area contributed by atoms with E-state index in [2.05, 4.69) is 36.4 Å². The number of carbonyl (C=O) groups is 1. The molecule has 4 aromatic rings. The molecule has 0 aliphatic rings. The molecular formula is C25H25N3O2. The van der Waals surface area contributed by atoms with E-state index in [1.807, 2.05) is 71.5 Å². The van der Waals surface area contributed by atoms with Crippen LogP contribution >= 0.6 is 0 Å². The standard InChI is InChI=1S/C25H25N3O2/c1-17(2)28-16-21-15-22(11-14-24(21)27-28)26-25(29)18(3)30-23-12-9-20(10-13-23)19-7-5-4-6-8-19/h4-18H,1-3H3,(H,26,29). The van der Waals surface area contributed by atoms with E-state index in [1.165, 1.54) is 0 Å². The Morgan fingerprint density at radius 3 is 2.33 bits per heavy atom. The molecule has 1 N–H and O–H groups in total. The SMILES string of the molecule is CC(Oc1ccc(-c2ccccc2)cc1)C(=O)Nc1ccc2nn(C(C)C)cc2c1. The summed E-state index contributed by atoms with van der Waals surface area (Å²) in [6, 6.07) is 23.9. The van der Waals surface area contributed by atoms with E-state index in [0.717, 1.165) is 27.7 Å². The number of ether oxygens (including phenoxy) is 1. The van der Waals surface area contributed by atoms with Gasteiger partial charge in [0.15, 0.2) is 6.10 Å². The smallest absolute Gasteiger partial charge is 0.265 e. The lowest BCUT2D eigenvalue weighted by atomic mass is 10.1. The molecule has 1 aromatic heterocycles. The molecule has 0 aliphatic heterocycles. The first-order valence-corrected chi connectivity index (χ1v) is 10.1. The van der Waals surface area contributed by atoms with Crippen LogP contribution < -0.4 is 10.1 Å². The first-order chi connectivity index (χ1) is 14.5. The summed E-state index contributed by atoms with van der Waals surface area (Å²) in [6.07, 6.45) is 1.37. The predicted molar refractivity (Wildman–Crippen MR) is 121 cm³/mol. The molecule has 5 nitrogen and oxygen atoms in total. The number of aromatic nitrogens is 2. The zero-order valence-electron chi connectivity index (χ0n) is 17.4. The highest BCUT2D eigenvalue weighted by atomic mass is 16.5. The van der Waals surface area contributed by atoms with Crippen LogP contribution in [-0.2, 0) is 4.79 Å². The molecule has 0 saturated carbocycles. The van der Waals surface area contributed by atoms with Gasteiger partial charge in [-0.05, 0) is 62.2 Å². The highest BCUT2D eigenvalue weighted by Crippen LogP contribution is 2.23. The number of rotatable bonds is 6. The minimum absolute atomic E-state index is 0.197. The number of hydrogen-bond donors (Lipinski definition) is 1. The summed E-state index contributed by atoms with van der Waals surface area (Å²) in [5, 5.41) is 8.45. The highest BCUT2D eigenvalue weighted by Gasteiger charge is 2.15. The molecule has 0 aliphatic carbocycles. The van der Waals surface area contributed by atoms with Gasteiger partial charge in [0, 0.05) is 23.3 Å². The largest absolute Gasteiger partial charge is 0.481 e. The summed E-state index contributed by atoms with van der Waals surface area (Å²) in [7, 11) is 0. The number of nitrogens with zero attached hydrogens (tertiary/aromatic N) is 2. The molecule has 0 bridgehead atoms. The summed E-state index contributed by atoms with van der Waals surface area (Å²) in [4.78, 5) is 12.6. The summed E-state index contributed by atoms with van der Waals surface area (Å²) in [6.45, 7) is 5.91. The Hall–Kier alpha value is -3.60. The van der Waals surface area contributed by atoms with E-state index < -0.39 is 6.10 Å². The molecule has 3 aromatic carbocycles. The lowest BCUT2D eigenvalue weighted by Gasteiger charge is -2.15. The van der Waals surface area contributed by atoms with E-state index in [9.17, 15) is 4.79 Å². The van der Waals surface area contributed by atoms with Crippen molar-refractivity contribution in [2.75, 3.05) is 5.32 Å². The number of benzene rings is 3. The minimum Gasteiger partial charge on any atom is -0.481 e. The van der Waals surface area contributed by atoms with Gasteiger partial charge in [0.05, 0.1) is 5.52 Å². The molecule has 1 amide bonds. The van der Waals surface area contributed by atoms with Gasteiger partial charge in [0.2, 0.25) is 0 Å². The molecule has 1 heterocycles. The third-order valence-electron chi connectivity index (χ3n) is 4.96. The molecule has 1 unspecified atom stereocenters. The van der Waals surface area contributed by atoms with Crippen LogP contribution in [0.5, 0.6) is 5.75 Å². The normalized spacial score (nSPS) is 12.1. The van der Waals surface area contributed by atoms with Crippen LogP contribution in [0.25, 0.3) is 22.0 Å². The first-order valence-electron chi connectivity index (χ1n) is 10.1. The van der Waals surface area contributed by atoms with E-state index in [4.69, 9.17) is 4.74 Å². The summed E-state index contributed by atoms with van der Waals surface area (Å²) in [5.74, 6) is 0.462. The predicted octanol–water partition coefficient (Wildman–Crippen LogP) is 5.69. The number of carbonyl (C=O) groups excluding carboxylic acids is 1. The quantitative estimate of drug-likeness (QED) is 0.453. The van der Waals surface area contributed by atoms with Crippen molar-refractivity contribution in [1.29, 1.82) is 0 Å². The van der Waals surface area contributed by atoms with Crippen LogP contribution in [-0.4, -0.2) is 21.8 Å². The number of anilines is 1. The second-order valence-electron chi connectivity index (χ2n) is 7.62. The topological polar surface area (TPSA) is 56.1 Å². The fourth-order valence-electron chi connectivity index (χ4n) is 3.25. The van der Waals surface area contributed by atoms with E-state index in [1.54, 1.807) is 6.92 Å². The molecule has 152 valence electrons. The van der Waals surface area contributed by atoms with Crippen molar-refractivity contribution in [3.8, 4) is 16.9 Å². The van der Waals surface area contributed by atoms with Crippen LogP contribution in [0, 0.1) is 0 Å².